The van der Waals surface area contributed by atoms with Crippen LogP contribution in [0.1, 0.15) is 76.8 Å². The topological polar surface area (TPSA) is 61.5 Å². The Kier molecular flexibility index (Phi) is 10.9. The summed E-state index contributed by atoms with van der Waals surface area (Å²) >= 11 is 0. The molecule has 0 spiro atoms. The molecule has 0 heterocycles. The van der Waals surface area contributed by atoms with Crippen LogP contribution in [0.5, 0.6) is 5.75 Å². The van der Waals surface area contributed by atoms with Crippen LogP contribution in [0.2, 0.25) is 0 Å². The Morgan fingerprint density at radius 3 is 2.21 bits per heavy atom. The van der Waals surface area contributed by atoms with Gasteiger partial charge >= 0.3 is 5.97 Å². The molecule has 0 unspecified atom stereocenters. The fourth-order valence-electron chi connectivity index (χ4n) is 2.39. The lowest BCUT2D eigenvalue weighted by Gasteiger charge is -2.13. The van der Waals surface area contributed by atoms with Crippen LogP contribution in [0.25, 0.3) is 0 Å². The normalized spacial score (nSPS) is 12.0. The van der Waals surface area contributed by atoms with Crippen molar-refractivity contribution in [2.75, 3.05) is 13.2 Å². The summed E-state index contributed by atoms with van der Waals surface area (Å²) in [6.45, 7) is 5.49. The van der Waals surface area contributed by atoms with E-state index in [9.17, 15) is 4.79 Å². The zero-order chi connectivity index (χ0) is 17.6. The summed E-state index contributed by atoms with van der Waals surface area (Å²) in [4.78, 5) is 12.0. The third-order valence-electron chi connectivity index (χ3n) is 4.00. The minimum atomic E-state index is -0.727. The van der Waals surface area contributed by atoms with E-state index in [1.54, 1.807) is 0 Å². The van der Waals surface area contributed by atoms with E-state index in [1.165, 1.54) is 25.7 Å². The van der Waals surface area contributed by atoms with Crippen molar-refractivity contribution in [3.05, 3.63) is 29.8 Å². The van der Waals surface area contributed by atoms with Crippen LogP contribution >= 0.6 is 0 Å². The molecule has 0 fully saturated rings. The van der Waals surface area contributed by atoms with Gasteiger partial charge in [0.05, 0.1) is 13.2 Å². The predicted molar refractivity (Wildman–Crippen MR) is 98.1 cm³/mol. The highest BCUT2D eigenvalue weighted by Gasteiger charge is 2.17. The van der Waals surface area contributed by atoms with Gasteiger partial charge in [-0.3, -0.25) is 0 Å². The summed E-state index contributed by atoms with van der Waals surface area (Å²) in [5, 5.41) is 0. The number of esters is 1. The smallest absolute Gasteiger partial charge is 0.327 e. The van der Waals surface area contributed by atoms with Crippen molar-refractivity contribution in [1.82, 2.24) is 0 Å². The third kappa shape index (κ3) is 8.34. The van der Waals surface area contributed by atoms with Gasteiger partial charge in [0.2, 0.25) is 0 Å². The van der Waals surface area contributed by atoms with Crippen molar-refractivity contribution in [3.63, 3.8) is 0 Å². The molecule has 1 aromatic rings. The van der Waals surface area contributed by atoms with Gasteiger partial charge in [-0.25, -0.2) is 4.79 Å². The van der Waals surface area contributed by atoms with Crippen LogP contribution < -0.4 is 10.5 Å². The standard InChI is InChI=1S/C20H33NO3/c1-3-5-7-8-9-10-16-24-20(22)19(21)17-11-13-18(14-12-17)23-15-6-4-2/h11-14,19H,3-10,15-16,21H2,1-2H3/t19-/m0/s1. The molecule has 4 nitrogen and oxygen atoms in total. The molecule has 0 saturated carbocycles. The number of unbranched alkanes of at least 4 members (excludes halogenated alkanes) is 6. The van der Waals surface area contributed by atoms with Crippen LogP contribution in [0.3, 0.4) is 0 Å². The first-order valence-electron chi connectivity index (χ1n) is 9.34. The average molecular weight is 335 g/mol. The van der Waals surface area contributed by atoms with Gasteiger partial charge in [0.25, 0.3) is 0 Å². The molecule has 0 radical (unpaired) electrons. The number of carbonyl (C=O) groups is 1. The second kappa shape index (κ2) is 12.8. The highest BCUT2D eigenvalue weighted by molar-refractivity contribution is 5.77. The van der Waals surface area contributed by atoms with Crippen molar-refractivity contribution in [1.29, 1.82) is 0 Å². The van der Waals surface area contributed by atoms with Gasteiger partial charge < -0.3 is 15.2 Å². The number of hydrogen-bond donors (Lipinski definition) is 1. The largest absolute Gasteiger partial charge is 0.494 e. The van der Waals surface area contributed by atoms with E-state index in [0.29, 0.717) is 13.2 Å². The van der Waals surface area contributed by atoms with Gasteiger partial charge in [0.1, 0.15) is 11.8 Å². The molecule has 0 aliphatic carbocycles. The maximum atomic E-state index is 12.0. The summed E-state index contributed by atoms with van der Waals surface area (Å²) in [5.74, 6) is 0.447. The average Bonchev–Trinajstić information content (AvgIpc) is 2.61. The molecule has 24 heavy (non-hydrogen) atoms. The SMILES string of the molecule is CCCCCCCCOC(=O)[C@@H](N)c1ccc(OCCCC)cc1. The van der Waals surface area contributed by atoms with Crippen molar-refractivity contribution < 1.29 is 14.3 Å². The van der Waals surface area contributed by atoms with Crippen molar-refractivity contribution >= 4 is 5.97 Å². The fourth-order valence-corrected chi connectivity index (χ4v) is 2.39. The van der Waals surface area contributed by atoms with E-state index in [2.05, 4.69) is 13.8 Å². The quantitative estimate of drug-likeness (QED) is 0.417. The number of hydrogen-bond acceptors (Lipinski definition) is 4. The molecule has 0 bridgehead atoms. The van der Waals surface area contributed by atoms with Gasteiger partial charge in [-0.05, 0) is 30.5 Å². The zero-order valence-corrected chi connectivity index (χ0v) is 15.3. The molecular weight excluding hydrogens is 302 g/mol. The van der Waals surface area contributed by atoms with E-state index in [-0.39, 0.29) is 5.97 Å². The van der Waals surface area contributed by atoms with Crippen LogP contribution in [-0.4, -0.2) is 19.2 Å². The Morgan fingerprint density at radius 2 is 1.54 bits per heavy atom. The first-order valence-corrected chi connectivity index (χ1v) is 9.34. The van der Waals surface area contributed by atoms with E-state index < -0.39 is 6.04 Å². The fraction of sp³-hybridized carbons (Fsp3) is 0.650. The summed E-state index contributed by atoms with van der Waals surface area (Å²) in [7, 11) is 0. The minimum Gasteiger partial charge on any atom is -0.494 e. The highest BCUT2D eigenvalue weighted by Crippen LogP contribution is 2.18. The summed E-state index contributed by atoms with van der Waals surface area (Å²) in [5.41, 5.74) is 6.73. The minimum absolute atomic E-state index is 0.358. The maximum Gasteiger partial charge on any atom is 0.327 e. The number of ether oxygens (including phenoxy) is 2. The number of nitrogens with two attached hydrogens (primary N) is 1. The molecule has 1 atom stereocenters. The Hall–Kier alpha value is -1.55. The second-order valence-electron chi connectivity index (χ2n) is 6.18. The van der Waals surface area contributed by atoms with Crippen LogP contribution in [0.4, 0.5) is 0 Å². The van der Waals surface area contributed by atoms with Gasteiger partial charge in [0.15, 0.2) is 0 Å². The molecule has 1 aromatic carbocycles. The van der Waals surface area contributed by atoms with Gasteiger partial charge in [-0.2, -0.15) is 0 Å². The van der Waals surface area contributed by atoms with E-state index in [0.717, 1.165) is 37.0 Å². The van der Waals surface area contributed by atoms with Gasteiger partial charge in [0, 0.05) is 0 Å². The Morgan fingerprint density at radius 1 is 0.917 bits per heavy atom. The zero-order valence-electron chi connectivity index (χ0n) is 15.3. The molecule has 136 valence electrons. The van der Waals surface area contributed by atoms with Crippen molar-refractivity contribution in [2.45, 2.75) is 71.3 Å². The first kappa shape index (κ1) is 20.5. The molecule has 0 aliphatic rings. The van der Waals surface area contributed by atoms with Crippen molar-refractivity contribution in [3.8, 4) is 5.75 Å². The molecule has 0 aliphatic heterocycles. The lowest BCUT2D eigenvalue weighted by atomic mass is 10.1. The highest BCUT2D eigenvalue weighted by atomic mass is 16.5. The Labute approximate surface area is 146 Å². The maximum absolute atomic E-state index is 12.0. The molecule has 0 aromatic heterocycles. The lowest BCUT2D eigenvalue weighted by molar-refractivity contribution is -0.145. The van der Waals surface area contributed by atoms with Gasteiger partial charge in [-0.1, -0.05) is 64.5 Å². The molecule has 0 amide bonds. The molecular formula is C20H33NO3. The number of rotatable bonds is 13. The molecule has 4 heteroatoms. The van der Waals surface area contributed by atoms with Crippen molar-refractivity contribution in [2.24, 2.45) is 5.73 Å². The molecule has 0 saturated heterocycles. The van der Waals surface area contributed by atoms with E-state index in [4.69, 9.17) is 15.2 Å². The molecule has 1 rings (SSSR count). The van der Waals surface area contributed by atoms with E-state index in [1.807, 2.05) is 24.3 Å². The third-order valence-corrected chi connectivity index (χ3v) is 4.00. The monoisotopic (exact) mass is 335 g/mol. The van der Waals surface area contributed by atoms with E-state index >= 15 is 0 Å². The number of benzene rings is 1. The number of carbonyl (C=O) groups excluding carboxylic acids is 1. The first-order chi connectivity index (χ1) is 11.7. The lowest BCUT2D eigenvalue weighted by Crippen LogP contribution is -2.24. The van der Waals surface area contributed by atoms with Crippen LogP contribution in [0.15, 0.2) is 24.3 Å². The predicted octanol–water partition coefficient (Wildman–Crippen LogP) is 4.77. The second-order valence-corrected chi connectivity index (χ2v) is 6.18. The Balaban J connectivity index is 2.27. The van der Waals surface area contributed by atoms with Gasteiger partial charge in [-0.15, -0.1) is 0 Å². The molecule has 2 N–H and O–H groups in total. The Bertz CT molecular complexity index is 445. The summed E-state index contributed by atoms with van der Waals surface area (Å²) < 4.78 is 10.9. The van der Waals surface area contributed by atoms with Crippen LogP contribution in [0, 0.1) is 0 Å². The van der Waals surface area contributed by atoms with Crippen LogP contribution in [-0.2, 0) is 9.53 Å². The summed E-state index contributed by atoms with van der Waals surface area (Å²) in [6, 6.07) is 6.64. The summed E-state index contributed by atoms with van der Waals surface area (Å²) in [6.07, 6.45) is 9.14.